The van der Waals surface area contributed by atoms with Gasteiger partial charge >= 0.3 is 0 Å². The Morgan fingerprint density at radius 3 is 2.61 bits per heavy atom. The second-order valence-electron chi connectivity index (χ2n) is 6.75. The second kappa shape index (κ2) is 6.73. The van der Waals surface area contributed by atoms with Gasteiger partial charge in [-0.1, -0.05) is 17.3 Å². The lowest BCUT2D eigenvalue weighted by atomic mass is 9.75. The topological polar surface area (TPSA) is 29.3 Å². The molecule has 3 unspecified atom stereocenters. The Balaban J connectivity index is 0.00000156. The van der Waals surface area contributed by atoms with Gasteiger partial charge in [0, 0.05) is 27.6 Å². The minimum Gasteiger partial charge on any atom is -0.361 e. The zero-order valence-electron chi connectivity index (χ0n) is 13.4. The van der Waals surface area contributed by atoms with Crippen molar-refractivity contribution in [3.8, 4) is 0 Å². The van der Waals surface area contributed by atoms with Gasteiger partial charge in [0.25, 0.3) is 0 Å². The fraction of sp³-hybridized carbons (Fsp3) is 0.500. The van der Waals surface area contributed by atoms with Gasteiger partial charge < -0.3 is 4.52 Å². The summed E-state index contributed by atoms with van der Waals surface area (Å²) in [6.45, 7) is 2.01. The molecule has 124 valence electrons. The van der Waals surface area contributed by atoms with Crippen molar-refractivity contribution in [2.45, 2.75) is 50.1 Å². The molecule has 0 radical (unpaired) electrons. The van der Waals surface area contributed by atoms with Crippen molar-refractivity contribution in [1.29, 1.82) is 0 Å². The number of hydrogen-bond donors (Lipinski definition) is 0. The van der Waals surface area contributed by atoms with Crippen molar-refractivity contribution >= 4 is 35.0 Å². The number of nitrogens with zero attached hydrogens (tertiary/aromatic N) is 2. The predicted octanol–water partition coefficient (Wildman–Crippen LogP) is 4.74. The lowest BCUT2D eigenvalue weighted by molar-refractivity contribution is 0.122. The van der Waals surface area contributed by atoms with E-state index in [2.05, 4.69) is 70.0 Å². The molecule has 2 aromatic rings. The van der Waals surface area contributed by atoms with Gasteiger partial charge in [-0.25, -0.2) is 0 Å². The summed E-state index contributed by atoms with van der Waals surface area (Å²) < 4.78 is 7.00. The van der Waals surface area contributed by atoms with Crippen molar-refractivity contribution < 1.29 is 4.52 Å². The molecule has 0 saturated carbocycles. The highest BCUT2D eigenvalue weighted by Gasteiger charge is 2.47. The summed E-state index contributed by atoms with van der Waals surface area (Å²) in [5.74, 6) is 2.03. The van der Waals surface area contributed by atoms with E-state index in [4.69, 9.17) is 4.52 Å². The second-order valence-corrected chi connectivity index (χ2v) is 8.00. The Bertz CT molecular complexity index is 672. The van der Waals surface area contributed by atoms with Gasteiger partial charge in [-0.3, -0.25) is 4.90 Å². The summed E-state index contributed by atoms with van der Waals surface area (Å²) >= 11 is 2.37. The van der Waals surface area contributed by atoms with Gasteiger partial charge in [0.2, 0.25) is 0 Å². The minimum atomic E-state index is 0. The molecule has 23 heavy (non-hydrogen) atoms. The van der Waals surface area contributed by atoms with Crippen LogP contribution in [0.5, 0.6) is 0 Å². The molecule has 3 nitrogen and oxygen atoms in total. The molecular formula is C18H22ClIN2O. The molecule has 3 heterocycles. The summed E-state index contributed by atoms with van der Waals surface area (Å²) in [5, 5.41) is 4.15. The lowest BCUT2D eigenvalue weighted by Crippen LogP contribution is -2.44. The fourth-order valence-electron chi connectivity index (χ4n) is 4.45. The first kappa shape index (κ1) is 17.2. The molecular weight excluding hydrogens is 423 g/mol. The van der Waals surface area contributed by atoms with Gasteiger partial charge in [0.15, 0.2) is 0 Å². The number of likely N-dealkylation sites (N-methyl/N-ethyl adjacent to an activating group) is 1. The van der Waals surface area contributed by atoms with Crippen molar-refractivity contribution in [3.05, 3.63) is 50.9 Å². The van der Waals surface area contributed by atoms with Crippen molar-refractivity contribution in [2.24, 2.45) is 0 Å². The molecule has 1 aromatic heterocycles. The molecule has 0 amide bonds. The van der Waals surface area contributed by atoms with Crippen LogP contribution in [-0.2, 0) is 0 Å². The molecule has 2 bridgehead atoms. The molecule has 0 aliphatic carbocycles. The smallest absolute Gasteiger partial charge is 0.142 e. The first-order chi connectivity index (χ1) is 10.6. The van der Waals surface area contributed by atoms with E-state index in [1.54, 1.807) is 0 Å². The number of piperidine rings is 1. The molecule has 4 rings (SSSR count). The zero-order valence-corrected chi connectivity index (χ0v) is 16.4. The van der Waals surface area contributed by atoms with Crippen LogP contribution in [0.15, 0.2) is 34.9 Å². The first-order valence-corrected chi connectivity index (χ1v) is 9.12. The average molecular weight is 445 g/mol. The number of rotatable bonds is 2. The van der Waals surface area contributed by atoms with Crippen LogP contribution in [0.2, 0.25) is 0 Å². The van der Waals surface area contributed by atoms with E-state index in [9.17, 15) is 0 Å². The Morgan fingerprint density at radius 2 is 1.96 bits per heavy atom. The van der Waals surface area contributed by atoms with Crippen LogP contribution in [0.3, 0.4) is 0 Å². The summed E-state index contributed by atoms with van der Waals surface area (Å²) in [7, 11) is 2.28. The fourth-order valence-corrected chi connectivity index (χ4v) is 4.81. The van der Waals surface area contributed by atoms with Crippen LogP contribution in [0.25, 0.3) is 0 Å². The van der Waals surface area contributed by atoms with E-state index in [1.807, 2.05) is 6.92 Å². The molecule has 2 saturated heterocycles. The normalized spacial score (nSPS) is 30.2. The predicted molar refractivity (Wildman–Crippen MR) is 102 cm³/mol. The Hall–Kier alpha value is -0.590. The van der Waals surface area contributed by atoms with Crippen molar-refractivity contribution in [3.63, 3.8) is 0 Å². The van der Waals surface area contributed by atoms with Gasteiger partial charge in [-0.15, -0.1) is 12.4 Å². The molecule has 4 atom stereocenters. The quantitative estimate of drug-likeness (QED) is 0.626. The molecule has 0 N–H and O–H groups in total. The van der Waals surface area contributed by atoms with Crippen molar-refractivity contribution in [2.75, 3.05) is 7.05 Å². The molecule has 5 heteroatoms. The van der Waals surface area contributed by atoms with Crippen LogP contribution in [0.4, 0.5) is 0 Å². The minimum absolute atomic E-state index is 0. The van der Waals surface area contributed by atoms with E-state index in [0.29, 0.717) is 17.9 Å². The molecule has 2 aliphatic rings. The molecule has 2 fully saturated rings. The summed E-state index contributed by atoms with van der Waals surface area (Å²) in [6.07, 6.45) is 3.80. The first-order valence-electron chi connectivity index (χ1n) is 8.04. The third-order valence-corrected chi connectivity index (χ3v) is 6.26. The van der Waals surface area contributed by atoms with Crippen LogP contribution >= 0.6 is 35.0 Å². The van der Waals surface area contributed by atoms with Crippen LogP contribution < -0.4 is 0 Å². The molecule has 2 aliphatic heterocycles. The van der Waals surface area contributed by atoms with E-state index in [-0.39, 0.29) is 12.4 Å². The number of hydrogen-bond acceptors (Lipinski definition) is 3. The van der Waals surface area contributed by atoms with Crippen LogP contribution in [0, 0.1) is 10.5 Å². The summed E-state index contributed by atoms with van der Waals surface area (Å²) in [4.78, 5) is 2.58. The maximum absolute atomic E-state index is 5.70. The highest BCUT2D eigenvalue weighted by Crippen LogP contribution is 2.50. The summed E-state index contributed by atoms with van der Waals surface area (Å²) in [5.41, 5.74) is 2.43. The number of benzene rings is 1. The third kappa shape index (κ3) is 3.05. The Kier molecular flexibility index (Phi) is 5.04. The van der Waals surface area contributed by atoms with Crippen LogP contribution in [0.1, 0.15) is 48.1 Å². The Morgan fingerprint density at radius 1 is 1.22 bits per heavy atom. The van der Waals surface area contributed by atoms with E-state index in [1.165, 1.54) is 28.4 Å². The maximum atomic E-state index is 5.70. The zero-order chi connectivity index (χ0) is 15.3. The number of aryl methyl sites for hydroxylation is 1. The van der Waals surface area contributed by atoms with Gasteiger partial charge in [-0.05, 0) is 79.4 Å². The number of fused-ring (bicyclic) bond motifs is 2. The third-order valence-electron chi connectivity index (χ3n) is 5.54. The summed E-state index contributed by atoms with van der Waals surface area (Å²) in [6, 6.07) is 12.5. The Labute approximate surface area is 157 Å². The SMILES string of the molecule is Cc1cc(C2C3CCC(C[C@@H]2c2ccc(I)cc2)N3C)on1.Cl. The average Bonchev–Trinajstić information content (AvgIpc) is 3.02. The van der Waals surface area contributed by atoms with Gasteiger partial charge in [0.05, 0.1) is 5.69 Å². The van der Waals surface area contributed by atoms with E-state index >= 15 is 0 Å². The standard InChI is InChI=1S/C18H21IN2O.ClH/c1-11-9-17(22-20-11)18-15(12-3-5-13(19)6-4-12)10-14-7-8-16(18)21(14)2;/h3-6,9,14-16,18H,7-8,10H2,1-2H3;1H/t14?,15-,16?,18?;/m1./s1. The van der Waals surface area contributed by atoms with Gasteiger partial charge in [-0.2, -0.15) is 0 Å². The largest absolute Gasteiger partial charge is 0.361 e. The van der Waals surface area contributed by atoms with E-state index < -0.39 is 0 Å². The van der Waals surface area contributed by atoms with Crippen LogP contribution in [-0.4, -0.2) is 29.2 Å². The number of aromatic nitrogens is 1. The maximum Gasteiger partial charge on any atom is 0.142 e. The van der Waals surface area contributed by atoms with E-state index in [0.717, 1.165) is 17.5 Å². The number of halogens is 2. The van der Waals surface area contributed by atoms with Crippen molar-refractivity contribution in [1.82, 2.24) is 10.1 Å². The molecule has 1 aromatic carbocycles. The molecule has 0 spiro atoms. The lowest BCUT2D eigenvalue weighted by Gasteiger charge is -2.42. The highest BCUT2D eigenvalue weighted by atomic mass is 127. The highest BCUT2D eigenvalue weighted by molar-refractivity contribution is 14.1. The van der Waals surface area contributed by atoms with Gasteiger partial charge in [0.1, 0.15) is 5.76 Å². The monoisotopic (exact) mass is 444 g/mol.